The van der Waals surface area contributed by atoms with Gasteiger partial charge in [0.2, 0.25) is 0 Å². The molecule has 1 aromatic rings. The summed E-state index contributed by atoms with van der Waals surface area (Å²) >= 11 is 0. The van der Waals surface area contributed by atoms with Crippen LogP contribution in [0, 0.1) is 5.92 Å². The van der Waals surface area contributed by atoms with Gasteiger partial charge in [0.25, 0.3) is 0 Å². The van der Waals surface area contributed by atoms with Gasteiger partial charge in [-0.2, -0.15) is 0 Å². The molecule has 1 aromatic carbocycles. The first-order valence-electron chi connectivity index (χ1n) is 7.43. The second-order valence-corrected chi connectivity index (χ2v) is 5.67. The lowest BCUT2D eigenvalue weighted by atomic mass is 10.1. The topological polar surface area (TPSA) is 78.4 Å². The highest BCUT2D eigenvalue weighted by Crippen LogP contribution is 2.24. The number of benzene rings is 1. The first-order chi connectivity index (χ1) is 10.1. The summed E-state index contributed by atoms with van der Waals surface area (Å²) in [6.45, 7) is 2.66. The van der Waals surface area contributed by atoms with Crippen LogP contribution in [0.2, 0.25) is 0 Å². The molecular formula is C16H22N2O3. The van der Waals surface area contributed by atoms with E-state index in [0.29, 0.717) is 18.9 Å². The third-order valence-corrected chi connectivity index (χ3v) is 4.05. The highest BCUT2D eigenvalue weighted by molar-refractivity contribution is 5.87. The summed E-state index contributed by atoms with van der Waals surface area (Å²) in [6.07, 6.45) is 4.02. The first-order valence-corrected chi connectivity index (χ1v) is 7.43. The van der Waals surface area contributed by atoms with Gasteiger partial charge in [-0.1, -0.05) is 25.5 Å². The molecule has 1 aliphatic rings. The van der Waals surface area contributed by atoms with Crippen LogP contribution in [-0.4, -0.2) is 29.7 Å². The number of carbonyl (C=O) groups excluding carboxylic acids is 1. The Morgan fingerprint density at radius 2 is 2.14 bits per heavy atom. The van der Waals surface area contributed by atoms with Crippen molar-refractivity contribution >= 4 is 12.0 Å². The van der Waals surface area contributed by atoms with Gasteiger partial charge in [0.15, 0.2) is 0 Å². The van der Waals surface area contributed by atoms with Crippen LogP contribution in [0.1, 0.15) is 42.1 Å². The predicted octanol–water partition coefficient (Wildman–Crippen LogP) is 2.42. The van der Waals surface area contributed by atoms with Gasteiger partial charge in [0, 0.05) is 12.6 Å². The van der Waals surface area contributed by atoms with Gasteiger partial charge in [0.05, 0.1) is 5.56 Å². The summed E-state index contributed by atoms with van der Waals surface area (Å²) in [4.78, 5) is 22.7. The van der Waals surface area contributed by atoms with Gasteiger partial charge < -0.3 is 15.7 Å². The Bertz CT molecular complexity index is 516. The molecule has 2 unspecified atom stereocenters. The fourth-order valence-corrected chi connectivity index (χ4v) is 2.76. The Balaban J connectivity index is 1.75. The van der Waals surface area contributed by atoms with Crippen molar-refractivity contribution in [3.63, 3.8) is 0 Å². The van der Waals surface area contributed by atoms with Crippen LogP contribution >= 0.6 is 0 Å². The van der Waals surface area contributed by atoms with E-state index in [4.69, 9.17) is 5.11 Å². The molecule has 0 heterocycles. The zero-order valence-electron chi connectivity index (χ0n) is 12.3. The molecular weight excluding hydrogens is 268 g/mol. The summed E-state index contributed by atoms with van der Waals surface area (Å²) < 4.78 is 0. The number of amides is 2. The molecule has 2 atom stereocenters. The zero-order valence-corrected chi connectivity index (χ0v) is 12.3. The maximum absolute atomic E-state index is 11.8. The van der Waals surface area contributed by atoms with Gasteiger partial charge in [-0.15, -0.1) is 0 Å². The summed E-state index contributed by atoms with van der Waals surface area (Å²) in [5, 5.41) is 14.8. The Morgan fingerprint density at radius 3 is 2.81 bits per heavy atom. The van der Waals surface area contributed by atoms with E-state index >= 15 is 0 Å². The Kier molecular flexibility index (Phi) is 5.20. The Morgan fingerprint density at radius 1 is 1.33 bits per heavy atom. The average Bonchev–Trinajstić information content (AvgIpc) is 2.84. The molecule has 1 aliphatic carbocycles. The van der Waals surface area contributed by atoms with Crippen molar-refractivity contribution in [2.75, 3.05) is 6.54 Å². The molecule has 5 nitrogen and oxygen atoms in total. The number of carboxylic acid groups (broad SMARTS) is 1. The van der Waals surface area contributed by atoms with Gasteiger partial charge in [-0.25, -0.2) is 9.59 Å². The largest absolute Gasteiger partial charge is 0.478 e. The smallest absolute Gasteiger partial charge is 0.335 e. The number of carbonyl (C=O) groups is 2. The van der Waals surface area contributed by atoms with Crippen LogP contribution < -0.4 is 10.6 Å². The van der Waals surface area contributed by atoms with Crippen molar-refractivity contribution in [3.05, 3.63) is 35.4 Å². The van der Waals surface area contributed by atoms with Gasteiger partial charge in [-0.05, 0) is 42.9 Å². The summed E-state index contributed by atoms with van der Waals surface area (Å²) in [6, 6.07) is 6.93. The van der Waals surface area contributed by atoms with Crippen molar-refractivity contribution < 1.29 is 14.7 Å². The standard InChI is InChI=1S/C16H22N2O3/c1-11-4-2-7-14(11)18-16(21)17-9-8-12-5-3-6-13(10-12)15(19)20/h3,5-6,10-11,14H,2,4,7-9H2,1H3,(H,19,20)(H2,17,18,21). The van der Waals surface area contributed by atoms with Crippen LogP contribution in [0.4, 0.5) is 4.79 Å². The summed E-state index contributed by atoms with van der Waals surface area (Å²) in [5.74, 6) is -0.388. The molecule has 1 fully saturated rings. The van der Waals surface area contributed by atoms with E-state index in [9.17, 15) is 9.59 Å². The molecule has 1 saturated carbocycles. The SMILES string of the molecule is CC1CCCC1NC(=O)NCCc1cccc(C(=O)O)c1. The number of rotatable bonds is 5. The van der Waals surface area contributed by atoms with Crippen molar-refractivity contribution in [2.24, 2.45) is 5.92 Å². The quantitative estimate of drug-likeness (QED) is 0.779. The number of hydrogen-bond donors (Lipinski definition) is 3. The lowest BCUT2D eigenvalue weighted by Gasteiger charge is -2.17. The van der Waals surface area contributed by atoms with E-state index in [1.54, 1.807) is 18.2 Å². The van der Waals surface area contributed by atoms with E-state index in [0.717, 1.165) is 12.0 Å². The van der Waals surface area contributed by atoms with Crippen molar-refractivity contribution in [2.45, 2.75) is 38.6 Å². The number of nitrogens with one attached hydrogen (secondary N) is 2. The maximum atomic E-state index is 11.8. The van der Waals surface area contributed by atoms with Crippen LogP contribution in [0.25, 0.3) is 0 Å². The van der Waals surface area contributed by atoms with Gasteiger partial charge in [-0.3, -0.25) is 0 Å². The lowest BCUT2D eigenvalue weighted by molar-refractivity contribution is 0.0696. The van der Waals surface area contributed by atoms with E-state index in [1.165, 1.54) is 12.8 Å². The number of hydrogen-bond acceptors (Lipinski definition) is 2. The normalized spacial score (nSPS) is 21.0. The molecule has 21 heavy (non-hydrogen) atoms. The van der Waals surface area contributed by atoms with Gasteiger partial charge >= 0.3 is 12.0 Å². The lowest BCUT2D eigenvalue weighted by Crippen LogP contribution is -2.43. The molecule has 0 saturated heterocycles. The minimum Gasteiger partial charge on any atom is -0.478 e. The van der Waals surface area contributed by atoms with E-state index in [2.05, 4.69) is 17.6 Å². The molecule has 0 aromatic heterocycles. The van der Waals surface area contributed by atoms with Crippen LogP contribution in [0.3, 0.4) is 0 Å². The summed E-state index contributed by atoms with van der Waals surface area (Å²) in [7, 11) is 0. The van der Waals surface area contributed by atoms with E-state index in [-0.39, 0.29) is 17.6 Å². The van der Waals surface area contributed by atoms with Crippen LogP contribution in [-0.2, 0) is 6.42 Å². The summed E-state index contributed by atoms with van der Waals surface area (Å²) in [5.41, 5.74) is 1.18. The monoisotopic (exact) mass is 290 g/mol. The minimum atomic E-state index is -0.933. The number of aromatic carboxylic acids is 1. The van der Waals surface area contributed by atoms with Crippen LogP contribution in [0.15, 0.2) is 24.3 Å². The molecule has 3 N–H and O–H groups in total. The second-order valence-electron chi connectivity index (χ2n) is 5.67. The zero-order chi connectivity index (χ0) is 15.2. The molecule has 114 valence electrons. The van der Waals surface area contributed by atoms with Crippen LogP contribution in [0.5, 0.6) is 0 Å². The third-order valence-electron chi connectivity index (χ3n) is 4.05. The Hall–Kier alpha value is -2.04. The van der Waals surface area contributed by atoms with Crippen molar-refractivity contribution in [1.29, 1.82) is 0 Å². The van der Waals surface area contributed by atoms with E-state index in [1.807, 2.05) is 6.07 Å². The maximum Gasteiger partial charge on any atom is 0.335 e. The molecule has 5 heteroatoms. The molecule has 2 rings (SSSR count). The second kappa shape index (κ2) is 7.11. The number of urea groups is 1. The molecule has 0 aliphatic heterocycles. The van der Waals surface area contributed by atoms with Gasteiger partial charge in [0.1, 0.15) is 0 Å². The predicted molar refractivity (Wildman–Crippen MR) is 80.4 cm³/mol. The highest BCUT2D eigenvalue weighted by Gasteiger charge is 2.24. The Labute approximate surface area is 124 Å². The third kappa shape index (κ3) is 4.48. The fraction of sp³-hybridized carbons (Fsp3) is 0.500. The molecule has 2 amide bonds. The van der Waals surface area contributed by atoms with Crippen molar-refractivity contribution in [1.82, 2.24) is 10.6 Å². The first kappa shape index (κ1) is 15.4. The van der Waals surface area contributed by atoms with E-state index < -0.39 is 5.97 Å². The highest BCUT2D eigenvalue weighted by atomic mass is 16.4. The molecule has 0 spiro atoms. The minimum absolute atomic E-state index is 0.136. The molecule has 0 bridgehead atoms. The van der Waals surface area contributed by atoms with Crippen molar-refractivity contribution in [3.8, 4) is 0 Å². The molecule has 0 radical (unpaired) electrons. The fourth-order valence-electron chi connectivity index (χ4n) is 2.76. The number of carboxylic acids is 1. The average molecular weight is 290 g/mol.